The van der Waals surface area contributed by atoms with Crippen molar-refractivity contribution >= 4 is 27.8 Å². The van der Waals surface area contributed by atoms with E-state index >= 15 is 8.78 Å². The molecule has 0 fully saturated rings. The van der Waals surface area contributed by atoms with Crippen molar-refractivity contribution in [1.29, 1.82) is 0 Å². The van der Waals surface area contributed by atoms with E-state index < -0.39 is 54.0 Å². The van der Waals surface area contributed by atoms with Crippen molar-refractivity contribution in [1.82, 2.24) is 29.6 Å². The second-order valence-electron chi connectivity index (χ2n) is 8.96. The quantitative estimate of drug-likeness (QED) is 0.309. The number of nitrogens with one attached hydrogen (secondary N) is 1. The Kier molecular flexibility index (Phi) is 6.79. The van der Waals surface area contributed by atoms with Gasteiger partial charge in [0.2, 0.25) is 0 Å². The summed E-state index contributed by atoms with van der Waals surface area (Å²) in [5, 5.41) is 16.1. The third-order valence-electron chi connectivity index (χ3n) is 6.23. The van der Waals surface area contributed by atoms with Crippen LogP contribution in [0.25, 0.3) is 33.1 Å². The molecule has 0 aliphatic rings. The van der Waals surface area contributed by atoms with E-state index in [4.69, 9.17) is 0 Å². The predicted octanol–water partition coefficient (Wildman–Crippen LogP) is 3.32. The summed E-state index contributed by atoms with van der Waals surface area (Å²) in [6.07, 6.45) is -2.86. The molecule has 40 heavy (non-hydrogen) atoms. The first-order valence-corrected chi connectivity index (χ1v) is 11.7. The van der Waals surface area contributed by atoms with Crippen molar-refractivity contribution in [2.45, 2.75) is 18.8 Å². The van der Waals surface area contributed by atoms with Crippen LogP contribution in [0.3, 0.4) is 0 Å². The summed E-state index contributed by atoms with van der Waals surface area (Å²) in [5.74, 6) is -3.05. The van der Waals surface area contributed by atoms with Gasteiger partial charge in [0.1, 0.15) is 17.2 Å². The molecule has 0 spiro atoms. The van der Waals surface area contributed by atoms with Crippen molar-refractivity contribution in [2.24, 2.45) is 7.05 Å². The Balaban J connectivity index is 1.53. The van der Waals surface area contributed by atoms with Gasteiger partial charge in [-0.3, -0.25) is 19.3 Å². The van der Waals surface area contributed by atoms with Crippen LogP contribution in [0.5, 0.6) is 0 Å². The first-order valence-electron chi connectivity index (χ1n) is 11.7. The predicted molar refractivity (Wildman–Crippen MR) is 133 cm³/mol. The summed E-state index contributed by atoms with van der Waals surface area (Å²) in [6.45, 7) is -1.83. The maximum Gasteiger partial charge on any atom is 0.416 e. The van der Waals surface area contributed by atoms with Crippen LogP contribution in [0.15, 0.2) is 59.9 Å². The number of aliphatic hydroxyl groups is 1. The van der Waals surface area contributed by atoms with Crippen molar-refractivity contribution < 1.29 is 31.9 Å². The molecule has 3 aromatic heterocycles. The molecule has 5 aromatic rings. The Morgan fingerprint density at radius 3 is 2.42 bits per heavy atom. The molecular weight excluding hydrogens is 539 g/mol. The molecule has 0 aliphatic carbocycles. The molecule has 0 saturated carbocycles. The van der Waals surface area contributed by atoms with E-state index in [-0.39, 0.29) is 22.2 Å². The summed E-state index contributed by atoms with van der Waals surface area (Å²) in [4.78, 5) is 33.6. The number of amides is 1. The highest BCUT2D eigenvalue weighted by Crippen LogP contribution is 2.31. The molecule has 206 valence electrons. The number of hydrogen-bond donors (Lipinski definition) is 2. The number of benzene rings is 2. The van der Waals surface area contributed by atoms with Crippen LogP contribution in [0, 0.1) is 11.6 Å². The number of aryl methyl sites for hydroxylation is 1. The highest BCUT2D eigenvalue weighted by Gasteiger charge is 2.38. The van der Waals surface area contributed by atoms with E-state index in [1.54, 1.807) is 36.1 Å². The minimum Gasteiger partial charge on any atom is -0.382 e. The Bertz CT molecular complexity index is 1810. The number of fused-ring (bicyclic) bond motifs is 2. The molecule has 3 heterocycles. The maximum absolute atomic E-state index is 15.3. The summed E-state index contributed by atoms with van der Waals surface area (Å²) in [6, 6.07) is 7.36. The average Bonchev–Trinajstić information content (AvgIpc) is 3.30. The average molecular weight is 558 g/mol. The second kappa shape index (κ2) is 10.1. The Hall–Kier alpha value is -4.72. The Labute approximate surface area is 221 Å². The number of hydrogen-bond acceptors (Lipinski definition) is 6. The van der Waals surface area contributed by atoms with Crippen LogP contribution >= 0.6 is 0 Å². The first-order chi connectivity index (χ1) is 18.9. The number of carbonyl (C=O) groups excluding carboxylic acids is 1. The number of aliphatic hydroxyl groups excluding tert-OH is 1. The number of aromatic nitrogens is 5. The van der Waals surface area contributed by atoms with E-state index in [0.29, 0.717) is 16.5 Å². The van der Waals surface area contributed by atoms with E-state index in [0.717, 1.165) is 35.3 Å². The van der Waals surface area contributed by atoms with Crippen molar-refractivity contribution in [3.8, 4) is 11.1 Å². The molecule has 0 radical (unpaired) electrons. The molecule has 1 unspecified atom stereocenters. The zero-order valence-corrected chi connectivity index (χ0v) is 20.6. The van der Waals surface area contributed by atoms with E-state index in [1.165, 1.54) is 0 Å². The SMILES string of the molecule is Cn1cc2c(-c3cc(F)c(Cn4cc(C(=O)NCC(O)C(F)(F)F)c5nccnc5c4=O)c(F)c3)cccc2n1. The number of pyridine rings is 1. The number of rotatable bonds is 6. The summed E-state index contributed by atoms with van der Waals surface area (Å²) in [7, 11) is 1.71. The third-order valence-corrected chi connectivity index (χ3v) is 6.23. The lowest BCUT2D eigenvalue weighted by molar-refractivity contribution is -0.201. The fourth-order valence-electron chi connectivity index (χ4n) is 4.28. The highest BCUT2D eigenvalue weighted by molar-refractivity contribution is 6.04. The standard InChI is InChI=1S/C26H19F5N6O3/c1-36-10-15-14(3-2-4-20(15)35-36)13-7-18(27)16(19(28)8-13)11-37-12-17(22-23(25(37)40)33-6-5-32-22)24(39)34-9-21(38)26(29,30)31/h2-8,10,12,21,38H,9,11H2,1H3,(H,34,39). The first kappa shape index (κ1) is 26.9. The second-order valence-corrected chi connectivity index (χ2v) is 8.96. The van der Waals surface area contributed by atoms with Gasteiger partial charge in [-0.25, -0.2) is 13.8 Å². The van der Waals surface area contributed by atoms with E-state index in [1.807, 2.05) is 5.32 Å². The van der Waals surface area contributed by atoms with Crippen molar-refractivity contribution in [2.75, 3.05) is 6.54 Å². The van der Waals surface area contributed by atoms with E-state index in [9.17, 15) is 27.9 Å². The van der Waals surface area contributed by atoms with Crippen LogP contribution in [0.1, 0.15) is 15.9 Å². The van der Waals surface area contributed by atoms with Gasteiger partial charge in [0.25, 0.3) is 11.5 Å². The molecule has 1 amide bonds. The van der Waals surface area contributed by atoms with Gasteiger partial charge in [0.15, 0.2) is 11.6 Å². The van der Waals surface area contributed by atoms with Crippen LogP contribution < -0.4 is 10.9 Å². The van der Waals surface area contributed by atoms with Crippen LogP contribution in [0.2, 0.25) is 0 Å². The maximum atomic E-state index is 15.3. The highest BCUT2D eigenvalue weighted by atomic mass is 19.4. The Morgan fingerprint density at radius 1 is 1.07 bits per heavy atom. The molecule has 0 bridgehead atoms. The number of alkyl halides is 3. The molecular formula is C26H19F5N6O3. The Morgan fingerprint density at radius 2 is 1.75 bits per heavy atom. The summed E-state index contributed by atoms with van der Waals surface area (Å²) >= 11 is 0. The smallest absolute Gasteiger partial charge is 0.382 e. The zero-order valence-electron chi connectivity index (χ0n) is 20.6. The van der Waals surface area contributed by atoms with Crippen molar-refractivity contribution in [3.05, 3.63) is 88.2 Å². The monoisotopic (exact) mass is 558 g/mol. The largest absolute Gasteiger partial charge is 0.416 e. The molecule has 2 N–H and O–H groups in total. The molecule has 0 saturated heterocycles. The van der Waals surface area contributed by atoms with Gasteiger partial charge in [-0.2, -0.15) is 18.3 Å². The van der Waals surface area contributed by atoms with Crippen LogP contribution in [-0.2, 0) is 13.6 Å². The molecule has 14 heteroatoms. The van der Waals surface area contributed by atoms with Crippen LogP contribution in [-0.4, -0.2) is 54.2 Å². The lowest BCUT2D eigenvalue weighted by atomic mass is 9.99. The van der Waals surface area contributed by atoms with Gasteiger partial charge in [0.05, 0.1) is 24.2 Å². The summed E-state index contributed by atoms with van der Waals surface area (Å²) in [5.41, 5.74) is -0.884. The molecule has 0 aliphatic heterocycles. The third kappa shape index (κ3) is 5.00. The minimum absolute atomic E-state index is 0.233. The van der Waals surface area contributed by atoms with Gasteiger partial charge in [-0.1, -0.05) is 12.1 Å². The normalized spacial score (nSPS) is 12.7. The van der Waals surface area contributed by atoms with Gasteiger partial charge >= 0.3 is 6.18 Å². The zero-order chi connectivity index (χ0) is 28.8. The lowest BCUT2D eigenvalue weighted by Crippen LogP contribution is -2.41. The number of carbonyl (C=O) groups is 1. The van der Waals surface area contributed by atoms with Crippen molar-refractivity contribution in [3.63, 3.8) is 0 Å². The summed E-state index contributed by atoms with van der Waals surface area (Å²) < 4.78 is 71.0. The molecule has 9 nitrogen and oxygen atoms in total. The van der Waals surface area contributed by atoms with Crippen LogP contribution in [0.4, 0.5) is 22.0 Å². The molecule has 2 aromatic carbocycles. The fourth-order valence-corrected chi connectivity index (χ4v) is 4.28. The number of nitrogens with zero attached hydrogens (tertiary/aromatic N) is 5. The van der Waals surface area contributed by atoms with Gasteiger partial charge in [-0.05, 0) is 29.3 Å². The van der Waals surface area contributed by atoms with E-state index in [2.05, 4.69) is 15.1 Å². The minimum atomic E-state index is -4.97. The number of halogens is 5. The molecule has 1 atom stereocenters. The van der Waals surface area contributed by atoms with Gasteiger partial charge in [-0.15, -0.1) is 0 Å². The topological polar surface area (TPSA) is 115 Å². The fraction of sp³-hybridized carbons (Fsp3) is 0.192. The van der Waals surface area contributed by atoms with Gasteiger partial charge in [0, 0.05) is 42.8 Å². The van der Waals surface area contributed by atoms with Gasteiger partial charge < -0.3 is 15.0 Å². The lowest BCUT2D eigenvalue weighted by Gasteiger charge is -2.16. The molecule has 5 rings (SSSR count).